The van der Waals surface area contributed by atoms with E-state index in [9.17, 15) is 4.79 Å². The van der Waals surface area contributed by atoms with Crippen molar-refractivity contribution in [2.75, 3.05) is 53.6 Å². The molecule has 1 aromatic carbocycles. The Balaban J connectivity index is 1.82. The number of fused-ring (bicyclic) bond motifs is 1. The molecule has 2 N–H and O–H groups in total. The SMILES string of the molecule is CCN(CC)CCN(Cc1cc2cc(OC)c(OC)cc2[nH]c1=O)C(=S)NC[C@@H]1CCCO1. The van der Waals surface area contributed by atoms with E-state index in [1.54, 1.807) is 20.3 Å². The van der Waals surface area contributed by atoms with E-state index in [2.05, 4.69) is 33.9 Å². The van der Waals surface area contributed by atoms with Crippen molar-refractivity contribution in [1.29, 1.82) is 0 Å². The number of benzene rings is 1. The van der Waals surface area contributed by atoms with Crippen LogP contribution in [0.1, 0.15) is 32.3 Å². The Bertz CT molecular complexity index is 986. The Morgan fingerprint density at radius 1 is 1.18 bits per heavy atom. The van der Waals surface area contributed by atoms with Gasteiger partial charge in [-0.25, -0.2) is 0 Å². The Morgan fingerprint density at radius 2 is 1.91 bits per heavy atom. The number of thiocarbonyl (C=S) groups is 1. The number of ether oxygens (including phenoxy) is 3. The maximum Gasteiger partial charge on any atom is 0.253 e. The summed E-state index contributed by atoms with van der Waals surface area (Å²) in [7, 11) is 3.18. The summed E-state index contributed by atoms with van der Waals surface area (Å²) >= 11 is 5.74. The number of hydrogen-bond acceptors (Lipinski definition) is 6. The second-order valence-electron chi connectivity index (χ2n) is 8.19. The van der Waals surface area contributed by atoms with E-state index in [0.29, 0.717) is 40.8 Å². The first-order chi connectivity index (χ1) is 16.0. The molecule has 0 bridgehead atoms. The van der Waals surface area contributed by atoms with E-state index in [1.165, 1.54) is 0 Å². The number of likely N-dealkylation sites (N-methyl/N-ethyl adjacent to an activating group) is 1. The fourth-order valence-corrected chi connectivity index (χ4v) is 4.31. The minimum atomic E-state index is -0.135. The van der Waals surface area contributed by atoms with Gasteiger partial charge in [-0.2, -0.15) is 0 Å². The molecule has 9 heteroatoms. The van der Waals surface area contributed by atoms with Crippen LogP contribution in [0, 0.1) is 0 Å². The lowest BCUT2D eigenvalue weighted by molar-refractivity contribution is 0.113. The lowest BCUT2D eigenvalue weighted by Crippen LogP contribution is -2.46. The summed E-state index contributed by atoms with van der Waals surface area (Å²) < 4.78 is 16.5. The summed E-state index contributed by atoms with van der Waals surface area (Å²) in [5.41, 5.74) is 1.22. The average Bonchev–Trinajstić information content (AvgIpc) is 3.35. The summed E-state index contributed by atoms with van der Waals surface area (Å²) in [6.07, 6.45) is 2.33. The number of aromatic amines is 1. The second kappa shape index (κ2) is 12.2. The van der Waals surface area contributed by atoms with Crippen molar-refractivity contribution in [1.82, 2.24) is 20.1 Å². The Labute approximate surface area is 201 Å². The molecule has 33 heavy (non-hydrogen) atoms. The van der Waals surface area contributed by atoms with Crippen LogP contribution >= 0.6 is 12.2 Å². The molecule has 0 amide bonds. The molecule has 0 spiro atoms. The summed E-state index contributed by atoms with van der Waals surface area (Å²) in [4.78, 5) is 20.3. The summed E-state index contributed by atoms with van der Waals surface area (Å²) in [6, 6.07) is 5.57. The Kier molecular flexibility index (Phi) is 9.34. The molecule has 3 rings (SSSR count). The third-order valence-electron chi connectivity index (χ3n) is 6.16. The number of nitrogens with one attached hydrogen (secondary N) is 2. The molecule has 8 nitrogen and oxygen atoms in total. The Hall–Kier alpha value is -2.36. The fraction of sp³-hybridized carbons (Fsp3) is 0.583. The zero-order valence-electron chi connectivity index (χ0n) is 20.1. The number of nitrogens with zero attached hydrogens (tertiary/aromatic N) is 2. The second-order valence-corrected chi connectivity index (χ2v) is 8.57. The van der Waals surface area contributed by atoms with Crippen LogP contribution < -0.4 is 20.3 Å². The maximum atomic E-state index is 12.9. The monoisotopic (exact) mass is 476 g/mol. The molecule has 1 aliphatic rings. The van der Waals surface area contributed by atoms with Gasteiger partial charge in [0, 0.05) is 43.3 Å². The van der Waals surface area contributed by atoms with Gasteiger partial charge in [-0.15, -0.1) is 0 Å². The van der Waals surface area contributed by atoms with Crippen molar-refractivity contribution in [3.8, 4) is 11.5 Å². The smallest absolute Gasteiger partial charge is 0.253 e. The van der Waals surface area contributed by atoms with Crippen LogP contribution in [0.2, 0.25) is 0 Å². The van der Waals surface area contributed by atoms with Gasteiger partial charge in [-0.3, -0.25) is 4.79 Å². The number of rotatable bonds is 11. The first kappa shape index (κ1) is 25.3. The van der Waals surface area contributed by atoms with E-state index in [0.717, 1.165) is 51.0 Å². The van der Waals surface area contributed by atoms with Crippen LogP contribution in [0.15, 0.2) is 23.0 Å². The van der Waals surface area contributed by atoms with Crippen LogP contribution in [0.4, 0.5) is 0 Å². The lowest BCUT2D eigenvalue weighted by atomic mass is 10.1. The molecule has 0 unspecified atom stereocenters. The van der Waals surface area contributed by atoms with Crippen LogP contribution in [0.3, 0.4) is 0 Å². The van der Waals surface area contributed by atoms with Gasteiger partial charge in [-0.05, 0) is 50.3 Å². The number of pyridine rings is 1. The minimum absolute atomic E-state index is 0.135. The Morgan fingerprint density at radius 3 is 2.55 bits per heavy atom. The summed E-state index contributed by atoms with van der Waals surface area (Å²) in [6.45, 7) is 9.75. The van der Waals surface area contributed by atoms with E-state index >= 15 is 0 Å². The molecule has 1 aliphatic heterocycles. The number of H-pyrrole nitrogens is 1. The van der Waals surface area contributed by atoms with Crippen LogP contribution in [0.25, 0.3) is 10.9 Å². The summed E-state index contributed by atoms with van der Waals surface area (Å²) in [5.74, 6) is 1.20. The highest BCUT2D eigenvalue weighted by Crippen LogP contribution is 2.31. The van der Waals surface area contributed by atoms with Gasteiger partial charge >= 0.3 is 0 Å². The predicted octanol–water partition coefficient (Wildman–Crippen LogP) is 2.74. The lowest BCUT2D eigenvalue weighted by Gasteiger charge is -2.29. The van der Waals surface area contributed by atoms with Crippen LogP contribution in [-0.2, 0) is 11.3 Å². The van der Waals surface area contributed by atoms with E-state index in [4.69, 9.17) is 26.4 Å². The van der Waals surface area contributed by atoms with Gasteiger partial charge < -0.3 is 34.3 Å². The van der Waals surface area contributed by atoms with Crippen molar-refractivity contribution in [3.05, 3.63) is 34.1 Å². The highest BCUT2D eigenvalue weighted by Gasteiger charge is 2.19. The molecule has 0 radical (unpaired) electrons. The highest BCUT2D eigenvalue weighted by molar-refractivity contribution is 7.80. The van der Waals surface area contributed by atoms with Crippen molar-refractivity contribution in [2.24, 2.45) is 0 Å². The third kappa shape index (κ3) is 6.59. The molecule has 0 saturated carbocycles. The summed E-state index contributed by atoms with van der Waals surface area (Å²) in [5, 5.41) is 4.88. The van der Waals surface area contributed by atoms with Crippen molar-refractivity contribution in [3.63, 3.8) is 0 Å². The van der Waals surface area contributed by atoms with E-state index < -0.39 is 0 Å². The molecule has 0 aliphatic carbocycles. The maximum absolute atomic E-state index is 12.9. The molecular weight excluding hydrogens is 440 g/mol. The van der Waals surface area contributed by atoms with Gasteiger partial charge in [0.1, 0.15) is 0 Å². The van der Waals surface area contributed by atoms with Crippen LogP contribution in [-0.4, -0.2) is 79.6 Å². The van der Waals surface area contributed by atoms with E-state index in [1.807, 2.05) is 12.1 Å². The molecule has 1 atom stereocenters. The van der Waals surface area contributed by atoms with Crippen molar-refractivity contribution >= 4 is 28.2 Å². The number of hydrogen-bond donors (Lipinski definition) is 2. The zero-order valence-corrected chi connectivity index (χ0v) is 20.9. The van der Waals surface area contributed by atoms with Gasteiger partial charge in [-0.1, -0.05) is 13.8 Å². The fourth-order valence-electron chi connectivity index (χ4n) is 4.07. The largest absolute Gasteiger partial charge is 0.493 e. The van der Waals surface area contributed by atoms with Crippen molar-refractivity contribution < 1.29 is 14.2 Å². The first-order valence-corrected chi connectivity index (χ1v) is 12.0. The third-order valence-corrected chi connectivity index (χ3v) is 6.56. The number of methoxy groups -OCH3 is 2. The first-order valence-electron chi connectivity index (χ1n) is 11.6. The van der Waals surface area contributed by atoms with E-state index in [-0.39, 0.29) is 11.7 Å². The van der Waals surface area contributed by atoms with Crippen molar-refractivity contribution in [2.45, 2.75) is 39.3 Å². The quantitative estimate of drug-likeness (QED) is 0.480. The molecule has 1 saturated heterocycles. The van der Waals surface area contributed by atoms with Gasteiger partial charge in [0.2, 0.25) is 0 Å². The predicted molar refractivity (Wildman–Crippen MR) is 135 cm³/mol. The topological polar surface area (TPSA) is 79.1 Å². The average molecular weight is 477 g/mol. The number of aromatic nitrogens is 1. The molecule has 2 heterocycles. The molecule has 2 aromatic rings. The zero-order chi connectivity index (χ0) is 23.8. The normalized spacial score (nSPS) is 15.7. The minimum Gasteiger partial charge on any atom is -0.493 e. The van der Waals surface area contributed by atoms with Crippen LogP contribution in [0.5, 0.6) is 11.5 Å². The van der Waals surface area contributed by atoms with Gasteiger partial charge in [0.05, 0.1) is 32.4 Å². The molecule has 1 fully saturated rings. The van der Waals surface area contributed by atoms with Gasteiger partial charge in [0.25, 0.3) is 5.56 Å². The molecular formula is C24H36N4O4S. The standard InChI is InChI=1S/C24H36N4O4S/c1-5-27(6-2)9-10-28(24(33)25-15-19-8-7-11-32-19)16-18-12-17-13-21(30-3)22(31-4)14-20(17)26-23(18)29/h12-14,19H,5-11,15-16H2,1-4H3,(H,25,33)(H,26,29)/t19-/m0/s1. The highest BCUT2D eigenvalue weighted by atomic mass is 32.1. The molecule has 1 aromatic heterocycles. The molecule has 182 valence electrons. The van der Waals surface area contributed by atoms with Gasteiger partial charge in [0.15, 0.2) is 16.6 Å².